The number of rotatable bonds is 9. The lowest BCUT2D eigenvalue weighted by Gasteiger charge is -2.21. The SMILES string of the molecule is O=C(N[C@H](Cc1ccc(-c2cccc(Cl)c2)cc1)C[C@@H](CO)C(=O)O)c1cn(O)nn1. The normalized spacial score (nSPS) is 12.8. The number of carbonyl (C=O) groups is 2. The number of aliphatic hydroxyl groups is 1. The zero-order chi connectivity index (χ0) is 22.4. The van der Waals surface area contributed by atoms with Crippen LogP contribution in [0.15, 0.2) is 54.7 Å². The highest BCUT2D eigenvalue weighted by atomic mass is 35.5. The quantitative estimate of drug-likeness (QED) is 0.371. The van der Waals surface area contributed by atoms with Gasteiger partial charge >= 0.3 is 5.97 Å². The van der Waals surface area contributed by atoms with Crippen LogP contribution in [0.2, 0.25) is 5.02 Å². The number of hydrogen-bond donors (Lipinski definition) is 4. The van der Waals surface area contributed by atoms with Gasteiger partial charge in [-0.1, -0.05) is 52.8 Å². The Morgan fingerprint density at radius 3 is 2.45 bits per heavy atom. The number of nitrogens with one attached hydrogen (secondary N) is 1. The molecule has 1 amide bonds. The lowest BCUT2D eigenvalue weighted by molar-refractivity contribution is -0.143. The number of carboxylic acids is 1. The molecule has 0 bridgehead atoms. The van der Waals surface area contributed by atoms with Crippen LogP contribution in [0.4, 0.5) is 0 Å². The van der Waals surface area contributed by atoms with Gasteiger partial charge in [0, 0.05) is 11.1 Å². The van der Waals surface area contributed by atoms with Crippen molar-refractivity contribution in [2.24, 2.45) is 5.92 Å². The summed E-state index contributed by atoms with van der Waals surface area (Å²) in [6.45, 7) is -0.553. The zero-order valence-electron chi connectivity index (χ0n) is 16.3. The van der Waals surface area contributed by atoms with E-state index in [1.165, 1.54) is 0 Å². The van der Waals surface area contributed by atoms with E-state index in [1.54, 1.807) is 6.07 Å². The topological polar surface area (TPSA) is 138 Å². The molecule has 162 valence electrons. The van der Waals surface area contributed by atoms with Crippen molar-refractivity contribution in [1.29, 1.82) is 0 Å². The molecule has 0 saturated heterocycles. The van der Waals surface area contributed by atoms with Gasteiger partial charge in [-0.05, 0) is 46.9 Å². The van der Waals surface area contributed by atoms with Gasteiger partial charge in [-0.2, -0.15) is 0 Å². The summed E-state index contributed by atoms with van der Waals surface area (Å²) in [4.78, 5) is 24.2. The van der Waals surface area contributed by atoms with E-state index >= 15 is 0 Å². The number of nitrogens with zero attached hydrogens (tertiary/aromatic N) is 3. The molecule has 2 aromatic carbocycles. The van der Waals surface area contributed by atoms with Crippen LogP contribution >= 0.6 is 11.6 Å². The summed E-state index contributed by atoms with van der Waals surface area (Å²) in [6.07, 6.45) is 1.38. The molecule has 3 aromatic rings. The first-order valence-electron chi connectivity index (χ1n) is 9.46. The summed E-state index contributed by atoms with van der Waals surface area (Å²) < 4.78 is 0. The first kappa shape index (κ1) is 22.3. The number of aromatic nitrogens is 3. The van der Waals surface area contributed by atoms with E-state index in [2.05, 4.69) is 15.6 Å². The van der Waals surface area contributed by atoms with Gasteiger partial charge in [0.25, 0.3) is 5.91 Å². The van der Waals surface area contributed by atoms with Crippen LogP contribution in [0.3, 0.4) is 0 Å². The van der Waals surface area contributed by atoms with E-state index in [1.807, 2.05) is 42.5 Å². The van der Waals surface area contributed by atoms with Gasteiger partial charge < -0.3 is 20.7 Å². The third kappa shape index (κ3) is 6.03. The number of aliphatic hydroxyl groups excluding tert-OH is 1. The lowest BCUT2D eigenvalue weighted by atomic mass is 9.94. The van der Waals surface area contributed by atoms with Gasteiger partial charge in [-0.25, -0.2) is 0 Å². The van der Waals surface area contributed by atoms with Gasteiger partial charge in [-0.3, -0.25) is 9.59 Å². The number of carbonyl (C=O) groups excluding carboxylic acids is 1. The molecule has 10 heteroatoms. The van der Waals surface area contributed by atoms with Crippen LogP contribution in [-0.2, 0) is 11.2 Å². The second-order valence-electron chi connectivity index (χ2n) is 7.06. The average molecular weight is 445 g/mol. The highest BCUT2D eigenvalue weighted by Gasteiger charge is 2.25. The standard InChI is InChI=1S/C21H21ClN4O5/c22-17-3-1-2-15(9-17)14-6-4-13(5-7-14)8-18(10-16(12-27)21(29)30)23-20(28)19-11-26(31)25-24-19/h1-7,9,11,16,18,27,31H,8,10,12H2,(H,23,28)(H,29,30)/t16-,18+/m0/s1. The third-order valence-electron chi connectivity index (χ3n) is 4.78. The fraction of sp³-hybridized carbons (Fsp3) is 0.238. The molecule has 0 radical (unpaired) electrons. The van der Waals surface area contributed by atoms with Crippen LogP contribution in [0, 0.1) is 5.92 Å². The van der Waals surface area contributed by atoms with Crippen molar-refractivity contribution >= 4 is 23.5 Å². The second kappa shape index (κ2) is 10.1. The van der Waals surface area contributed by atoms with Crippen molar-refractivity contribution in [3.05, 3.63) is 71.0 Å². The van der Waals surface area contributed by atoms with E-state index in [0.29, 0.717) is 16.3 Å². The van der Waals surface area contributed by atoms with E-state index in [4.69, 9.17) is 11.6 Å². The van der Waals surface area contributed by atoms with Gasteiger partial charge in [0.1, 0.15) is 0 Å². The molecule has 2 atom stereocenters. The molecule has 0 spiro atoms. The van der Waals surface area contributed by atoms with Crippen LogP contribution in [0.25, 0.3) is 11.1 Å². The smallest absolute Gasteiger partial charge is 0.308 e. The Labute approximate surface area is 182 Å². The van der Waals surface area contributed by atoms with Crippen LogP contribution in [0.5, 0.6) is 0 Å². The molecular formula is C21H21ClN4O5. The van der Waals surface area contributed by atoms with Crippen LogP contribution in [0.1, 0.15) is 22.5 Å². The fourth-order valence-electron chi connectivity index (χ4n) is 3.19. The maximum atomic E-state index is 12.4. The predicted molar refractivity (Wildman–Crippen MR) is 112 cm³/mol. The number of benzene rings is 2. The van der Waals surface area contributed by atoms with Crippen molar-refractivity contribution in [3.63, 3.8) is 0 Å². The highest BCUT2D eigenvalue weighted by molar-refractivity contribution is 6.30. The minimum absolute atomic E-state index is 0.0148. The minimum Gasteiger partial charge on any atom is -0.481 e. The number of carboxylic acid groups (broad SMARTS) is 1. The van der Waals surface area contributed by atoms with Crippen molar-refractivity contribution in [3.8, 4) is 11.1 Å². The molecule has 0 aliphatic carbocycles. The number of hydrogen-bond acceptors (Lipinski definition) is 6. The monoisotopic (exact) mass is 444 g/mol. The fourth-order valence-corrected chi connectivity index (χ4v) is 3.38. The van der Waals surface area contributed by atoms with Crippen molar-refractivity contribution in [2.45, 2.75) is 18.9 Å². The Kier molecular flexibility index (Phi) is 7.22. The first-order chi connectivity index (χ1) is 14.9. The summed E-state index contributed by atoms with van der Waals surface area (Å²) in [6, 6.07) is 14.5. The molecule has 3 rings (SSSR count). The van der Waals surface area contributed by atoms with E-state index < -0.39 is 30.4 Å². The van der Waals surface area contributed by atoms with Crippen molar-refractivity contribution in [1.82, 2.24) is 20.5 Å². The molecule has 0 fully saturated rings. The minimum atomic E-state index is -1.15. The first-order valence-corrected chi connectivity index (χ1v) is 9.84. The Bertz CT molecular complexity index is 1050. The maximum absolute atomic E-state index is 12.4. The van der Waals surface area contributed by atoms with Gasteiger partial charge in [-0.15, -0.1) is 5.10 Å². The van der Waals surface area contributed by atoms with Crippen LogP contribution < -0.4 is 5.32 Å². The highest BCUT2D eigenvalue weighted by Crippen LogP contribution is 2.23. The number of halogens is 1. The summed E-state index contributed by atoms with van der Waals surface area (Å²) in [5.74, 6) is -2.80. The maximum Gasteiger partial charge on any atom is 0.308 e. The molecule has 0 unspecified atom stereocenters. The van der Waals surface area contributed by atoms with E-state index in [-0.39, 0.29) is 12.1 Å². The number of amides is 1. The second-order valence-corrected chi connectivity index (χ2v) is 7.50. The van der Waals surface area contributed by atoms with Gasteiger partial charge in [0.15, 0.2) is 5.69 Å². The average Bonchev–Trinajstić information content (AvgIpc) is 3.18. The van der Waals surface area contributed by atoms with Gasteiger partial charge in [0.2, 0.25) is 0 Å². The van der Waals surface area contributed by atoms with Gasteiger partial charge in [0.05, 0.1) is 18.7 Å². The Hall–Kier alpha value is -3.43. The summed E-state index contributed by atoms with van der Waals surface area (Å²) in [5, 5.41) is 38.1. The number of aliphatic carboxylic acids is 1. The largest absolute Gasteiger partial charge is 0.481 e. The Morgan fingerprint density at radius 1 is 1.13 bits per heavy atom. The Morgan fingerprint density at radius 2 is 1.87 bits per heavy atom. The van der Waals surface area contributed by atoms with Crippen molar-refractivity contribution in [2.75, 3.05) is 6.61 Å². The lowest BCUT2D eigenvalue weighted by Crippen LogP contribution is -2.40. The molecule has 0 aliphatic rings. The van der Waals surface area contributed by atoms with Crippen LogP contribution in [-0.4, -0.2) is 55.1 Å². The summed E-state index contributed by atoms with van der Waals surface area (Å²) in [5.41, 5.74) is 2.68. The predicted octanol–water partition coefficient (Wildman–Crippen LogP) is 2.26. The Balaban J connectivity index is 1.76. The summed E-state index contributed by atoms with van der Waals surface area (Å²) in [7, 11) is 0. The molecule has 1 aromatic heterocycles. The summed E-state index contributed by atoms with van der Waals surface area (Å²) >= 11 is 6.05. The zero-order valence-corrected chi connectivity index (χ0v) is 17.1. The molecule has 0 aliphatic heterocycles. The molecular weight excluding hydrogens is 424 g/mol. The molecule has 31 heavy (non-hydrogen) atoms. The molecule has 1 heterocycles. The molecule has 9 nitrogen and oxygen atoms in total. The third-order valence-corrected chi connectivity index (χ3v) is 5.02. The molecule has 0 saturated carbocycles. The van der Waals surface area contributed by atoms with E-state index in [9.17, 15) is 25.0 Å². The van der Waals surface area contributed by atoms with Crippen molar-refractivity contribution < 1.29 is 25.0 Å². The van der Waals surface area contributed by atoms with E-state index in [0.717, 1.165) is 22.9 Å². The molecule has 4 N–H and O–H groups in total.